The van der Waals surface area contributed by atoms with Gasteiger partial charge >= 0.3 is 0 Å². The van der Waals surface area contributed by atoms with Gasteiger partial charge in [0.25, 0.3) is 0 Å². The van der Waals surface area contributed by atoms with Crippen LogP contribution in [0.1, 0.15) is 32.3 Å². The lowest BCUT2D eigenvalue weighted by Gasteiger charge is -2.29. The van der Waals surface area contributed by atoms with Gasteiger partial charge in [0.2, 0.25) is 11.8 Å². The highest BCUT2D eigenvalue weighted by Gasteiger charge is 2.45. The van der Waals surface area contributed by atoms with Crippen molar-refractivity contribution in [2.45, 2.75) is 33.1 Å². The summed E-state index contributed by atoms with van der Waals surface area (Å²) >= 11 is 0. The number of hydrogen-bond acceptors (Lipinski definition) is 3. The number of benzene rings is 1. The van der Waals surface area contributed by atoms with E-state index in [0.717, 1.165) is 16.7 Å². The first-order valence-corrected chi connectivity index (χ1v) is 9.93. The number of aromatic nitrogens is 1. The molecule has 28 heavy (non-hydrogen) atoms. The fourth-order valence-corrected chi connectivity index (χ4v) is 4.09. The summed E-state index contributed by atoms with van der Waals surface area (Å²) in [6.07, 6.45) is 5.38. The van der Waals surface area contributed by atoms with Gasteiger partial charge in [-0.25, -0.2) is 0 Å². The number of carbonyl (C=O) groups excluding carboxylic acids is 2. The number of rotatable bonds is 6. The number of hydrogen-bond donors (Lipinski definition) is 1. The Bertz CT molecular complexity index is 835. The molecule has 1 aromatic carbocycles. The zero-order valence-electron chi connectivity index (χ0n) is 16.9. The van der Waals surface area contributed by atoms with Crippen molar-refractivity contribution in [1.82, 2.24) is 15.2 Å². The molecule has 148 valence electrons. The summed E-state index contributed by atoms with van der Waals surface area (Å²) in [5.41, 5.74) is 2.73. The van der Waals surface area contributed by atoms with Crippen LogP contribution in [0.25, 0.3) is 11.1 Å². The summed E-state index contributed by atoms with van der Waals surface area (Å²) in [4.78, 5) is 31.5. The fourth-order valence-electron chi connectivity index (χ4n) is 4.09. The normalized spacial score (nSPS) is 19.1. The van der Waals surface area contributed by atoms with E-state index in [9.17, 15) is 9.59 Å². The molecule has 0 aliphatic carbocycles. The Morgan fingerprint density at radius 3 is 2.57 bits per heavy atom. The number of amides is 2. The highest BCUT2D eigenvalue weighted by molar-refractivity contribution is 5.86. The number of pyridine rings is 1. The van der Waals surface area contributed by atoms with Crippen LogP contribution in [0.2, 0.25) is 0 Å². The van der Waals surface area contributed by atoms with E-state index < -0.39 is 5.41 Å². The topological polar surface area (TPSA) is 62.3 Å². The Balaban J connectivity index is 1.90. The minimum atomic E-state index is -0.593. The van der Waals surface area contributed by atoms with Gasteiger partial charge in [-0.15, -0.1) is 0 Å². The molecule has 1 fully saturated rings. The number of carbonyl (C=O) groups is 2. The van der Waals surface area contributed by atoms with Gasteiger partial charge in [-0.1, -0.05) is 38.1 Å². The molecule has 5 heteroatoms. The van der Waals surface area contributed by atoms with Crippen molar-refractivity contribution in [3.8, 4) is 11.1 Å². The summed E-state index contributed by atoms with van der Waals surface area (Å²) in [5, 5.41) is 2.84. The largest absolute Gasteiger partial charge is 0.359 e. The molecule has 1 aliphatic rings. The number of nitrogens with zero attached hydrogens (tertiary/aromatic N) is 2. The Morgan fingerprint density at radius 2 is 1.89 bits per heavy atom. The second-order valence-corrected chi connectivity index (χ2v) is 8.09. The zero-order valence-corrected chi connectivity index (χ0v) is 16.9. The predicted octanol–water partition coefficient (Wildman–Crippen LogP) is 3.30. The lowest BCUT2D eigenvalue weighted by Crippen LogP contribution is -2.44. The maximum Gasteiger partial charge on any atom is 0.228 e. The first-order valence-electron chi connectivity index (χ1n) is 9.93. The van der Waals surface area contributed by atoms with Gasteiger partial charge in [-0.2, -0.15) is 0 Å². The van der Waals surface area contributed by atoms with Gasteiger partial charge in [0.1, 0.15) is 0 Å². The van der Waals surface area contributed by atoms with Crippen molar-refractivity contribution in [3.05, 3.63) is 54.4 Å². The van der Waals surface area contributed by atoms with Crippen molar-refractivity contribution >= 4 is 11.8 Å². The molecule has 1 saturated heterocycles. The molecule has 2 heterocycles. The monoisotopic (exact) mass is 379 g/mol. The molecule has 2 aromatic rings. The summed E-state index contributed by atoms with van der Waals surface area (Å²) in [6.45, 7) is 5.20. The van der Waals surface area contributed by atoms with Gasteiger partial charge in [-0.3, -0.25) is 14.6 Å². The molecule has 1 aromatic heterocycles. The molecular weight excluding hydrogens is 350 g/mol. The Hall–Kier alpha value is -2.69. The van der Waals surface area contributed by atoms with Crippen LogP contribution in [-0.2, 0) is 16.0 Å². The van der Waals surface area contributed by atoms with Crippen LogP contribution in [-0.4, -0.2) is 41.8 Å². The maximum absolute atomic E-state index is 12.9. The standard InChI is InChI=1S/C23H29N3O2/c1-17(2)14-21(27)26-13-10-23(16-26,22(28)24-3)15-19-6-4-5-7-20(19)18-8-11-25-12-9-18/h4-9,11-12,17H,10,13-16H2,1-3H3,(H,24,28)/t23-/m0/s1. The minimum absolute atomic E-state index is 0.0110. The SMILES string of the molecule is CNC(=O)[C@]1(Cc2ccccc2-c2ccncc2)CCN(C(=O)CC(C)C)C1. The lowest BCUT2D eigenvalue weighted by atomic mass is 9.78. The third-order valence-corrected chi connectivity index (χ3v) is 5.54. The quantitative estimate of drug-likeness (QED) is 0.838. The third-order valence-electron chi connectivity index (χ3n) is 5.54. The van der Waals surface area contributed by atoms with Crippen LogP contribution >= 0.6 is 0 Å². The molecule has 0 bridgehead atoms. The van der Waals surface area contributed by atoms with Crippen LogP contribution < -0.4 is 5.32 Å². The first kappa shape index (κ1) is 20.1. The van der Waals surface area contributed by atoms with E-state index in [1.807, 2.05) is 43.0 Å². The smallest absolute Gasteiger partial charge is 0.228 e. The number of likely N-dealkylation sites (tertiary alicyclic amines) is 1. The molecule has 5 nitrogen and oxygen atoms in total. The van der Waals surface area contributed by atoms with Crippen molar-refractivity contribution in [3.63, 3.8) is 0 Å². The van der Waals surface area contributed by atoms with E-state index in [4.69, 9.17) is 0 Å². The molecule has 0 radical (unpaired) electrons. The van der Waals surface area contributed by atoms with E-state index >= 15 is 0 Å². The van der Waals surface area contributed by atoms with Gasteiger partial charge in [0, 0.05) is 39.0 Å². The van der Waals surface area contributed by atoms with Crippen LogP contribution in [0.3, 0.4) is 0 Å². The van der Waals surface area contributed by atoms with Gasteiger partial charge in [-0.05, 0) is 47.6 Å². The van der Waals surface area contributed by atoms with E-state index in [2.05, 4.69) is 22.4 Å². The van der Waals surface area contributed by atoms with Crippen LogP contribution in [0.5, 0.6) is 0 Å². The van der Waals surface area contributed by atoms with Gasteiger partial charge in [0.15, 0.2) is 0 Å². The van der Waals surface area contributed by atoms with Crippen molar-refractivity contribution < 1.29 is 9.59 Å². The first-order chi connectivity index (χ1) is 13.4. The van der Waals surface area contributed by atoms with Crippen molar-refractivity contribution in [1.29, 1.82) is 0 Å². The molecule has 0 spiro atoms. The summed E-state index contributed by atoms with van der Waals surface area (Å²) in [6, 6.07) is 12.2. The van der Waals surface area contributed by atoms with Crippen molar-refractivity contribution in [2.24, 2.45) is 11.3 Å². The molecule has 3 rings (SSSR count). The molecule has 0 unspecified atom stereocenters. The fraction of sp³-hybridized carbons (Fsp3) is 0.435. The molecule has 0 saturated carbocycles. The molecule has 1 aliphatic heterocycles. The molecular formula is C23H29N3O2. The highest BCUT2D eigenvalue weighted by atomic mass is 16.2. The Labute approximate surface area is 167 Å². The Morgan fingerprint density at radius 1 is 1.18 bits per heavy atom. The van der Waals surface area contributed by atoms with Crippen LogP contribution in [0.15, 0.2) is 48.8 Å². The molecule has 1 atom stereocenters. The minimum Gasteiger partial charge on any atom is -0.359 e. The van der Waals surface area contributed by atoms with E-state index in [1.54, 1.807) is 19.4 Å². The second kappa shape index (κ2) is 8.55. The highest BCUT2D eigenvalue weighted by Crippen LogP contribution is 2.37. The van der Waals surface area contributed by atoms with E-state index in [0.29, 0.717) is 38.3 Å². The summed E-state index contributed by atoms with van der Waals surface area (Å²) in [7, 11) is 1.68. The summed E-state index contributed by atoms with van der Waals surface area (Å²) < 4.78 is 0. The average molecular weight is 380 g/mol. The van der Waals surface area contributed by atoms with E-state index in [-0.39, 0.29) is 11.8 Å². The van der Waals surface area contributed by atoms with Gasteiger partial charge in [0.05, 0.1) is 5.41 Å². The summed E-state index contributed by atoms with van der Waals surface area (Å²) in [5.74, 6) is 0.468. The molecule has 1 N–H and O–H groups in total. The van der Waals surface area contributed by atoms with E-state index in [1.165, 1.54) is 0 Å². The zero-order chi connectivity index (χ0) is 20.1. The van der Waals surface area contributed by atoms with Crippen LogP contribution in [0.4, 0.5) is 0 Å². The third kappa shape index (κ3) is 4.24. The second-order valence-electron chi connectivity index (χ2n) is 8.09. The van der Waals surface area contributed by atoms with Gasteiger partial charge < -0.3 is 10.2 Å². The maximum atomic E-state index is 12.9. The lowest BCUT2D eigenvalue weighted by molar-refractivity contribution is -0.133. The predicted molar refractivity (Wildman–Crippen MR) is 111 cm³/mol. The van der Waals surface area contributed by atoms with Crippen molar-refractivity contribution in [2.75, 3.05) is 20.1 Å². The molecule has 2 amide bonds. The number of nitrogens with one attached hydrogen (secondary N) is 1. The Kier molecular flexibility index (Phi) is 6.12. The average Bonchev–Trinajstić information content (AvgIpc) is 3.13. The van der Waals surface area contributed by atoms with Crippen LogP contribution in [0, 0.1) is 11.3 Å².